The van der Waals surface area contributed by atoms with Gasteiger partial charge in [-0.15, -0.1) is 0 Å². The number of aldehydes is 1. The zero-order valence-electron chi connectivity index (χ0n) is 10.5. The topological polar surface area (TPSA) is 44.8 Å². The average Bonchev–Trinajstić information content (AvgIpc) is 2.37. The first-order chi connectivity index (χ1) is 8.71. The molecule has 0 atom stereocenters. The monoisotopic (exact) mass is 316 g/mol. The second-order valence-corrected chi connectivity index (χ2v) is 4.37. The lowest BCUT2D eigenvalue weighted by atomic mass is 10.2. The molecule has 1 aromatic rings. The Bertz CT molecular complexity index is 375. The van der Waals surface area contributed by atoms with Crippen molar-refractivity contribution >= 4 is 22.2 Å². The largest absolute Gasteiger partial charge is 0.488 e. The van der Waals surface area contributed by atoms with Crippen molar-refractivity contribution in [2.24, 2.45) is 0 Å². The first-order valence-corrected chi connectivity index (χ1v) is 6.61. The molecule has 0 heterocycles. The fourth-order valence-electron chi connectivity index (χ4n) is 1.42. The van der Waals surface area contributed by atoms with E-state index in [0.717, 1.165) is 10.8 Å². The smallest absolute Gasteiger partial charge is 0.191 e. The van der Waals surface area contributed by atoms with Crippen LogP contribution >= 0.6 is 15.9 Å². The summed E-state index contributed by atoms with van der Waals surface area (Å²) in [6.07, 6.45) is 0.347. The average molecular weight is 317 g/mol. The highest BCUT2D eigenvalue weighted by atomic mass is 79.9. The van der Waals surface area contributed by atoms with Crippen molar-refractivity contribution < 1.29 is 19.0 Å². The summed E-state index contributed by atoms with van der Waals surface area (Å²) < 4.78 is 17.1. The molecule has 0 radical (unpaired) electrons. The Morgan fingerprint density at radius 2 is 1.94 bits per heavy atom. The maximum Gasteiger partial charge on any atom is 0.191 e. The molecular formula is C13H17BrO4. The summed E-state index contributed by atoms with van der Waals surface area (Å²) in [6, 6.07) is 5.26. The quantitative estimate of drug-likeness (QED) is 0.546. The third kappa shape index (κ3) is 4.76. The van der Waals surface area contributed by atoms with Crippen molar-refractivity contribution in [1.29, 1.82) is 0 Å². The van der Waals surface area contributed by atoms with Crippen molar-refractivity contribution in [3.63, 3.8) is 0 Å². The Morgan fingerprint density at radius 3 is 2.50 bits per heavy atom. The summed E-state index contributed by atoms with van der Waals surface area (Å²) in [6.45, 7) is 5.14. The molecule has 0 amide bonds. The molecule has 4 nitrogen and oxygen atoms in total. The van der Waals surface area contributed by atoms with Crippen molar-refractivity contribution in [3.05, 3.63) is 28.2 Å². The number of ether oxygens (including phenoxy) is 3. The first-order valence-electron chi connectivity index (χ1n) is 5.82. The molecule has 0 bridgehead atoms. The summed E-state index contributed by atoms with van der Waals surface area (Å²) in [4.78, 5) is 10.9. The summed E-state index contributed by atoms with van der Waals surface area (Å²) in [5.41, 5.74) is 0.496. The molecule has 0 spiro atoms. The van der Waals surface area contributed by atoms with Gasteiger partial charge in [0.15, 0.2) is 12.6 Å². The molecule has 1 aromatic carbocycles. The Balaban J connectivity index is 2.63. The van der Waals surface area contributed by atoms with Crippen LogP contribution in [-0.4, -0.2) is 32.4 Å². The maximum atomic E-state index is 10.9. The molecule has 0 aliphatic heterocycles. The Labute approximate surface area is 115 Å². The highest BCUT2D eigenvalue weighted by molar-refractivity contribution is 9.10. The van der Waals surface area contributed by atoms with E-state index in [2.05, 4.69) is 15.9 Å². The van der Waals surface area contributed by atoms with Gasteiger partial charge in [-0.05, 0) is 32.0 Å². The van der Waals surface area contributed by atoms with Crippen LogP contribution in [0.5, 0.6) is 5.75 Å². The molecule has 5 heteroatoms. The number of halogens is 1. The van der Waals surface area contributed by atoms with E-state index in [4.69, 9.17) is 14.2 Å². The number of hydrogen-bond donors (Lipinski definition) is 0. The van der Waals surface area contributed by atoms with Crippen LogP contribution in [0.2, 0.25) is 0 Å². The molecular weight excluding hydrogens is 300 g/mol. The van der Waals surface area contributed by atoms with Crippen LogP contribution in [-0.2, 0) is 9.47 Å². The Kier molecular flexibility index (Phi) is 6.93. The summed E-state index contributed by atoms with van der Waals surface area (Å²) in [5, 5.41) is 0. The van der Waals surface area contributed by atoms with Crippen molar-refractivity contribution in [1.82, 2.24) is 0 Å². The van der Waals surface area contributed by atoms with Gasteiger partial charge in [-0.1, -0.05) is 15.9 Å². The van der Waals surface area contributed by atoms with Gasteiger partial charge in [0.2, 0.25) is 0 Å². The zero-order valence-corrected chi connectivity index (χ0v) is 12.1. The number of carbonyl (C=O) groups is 1. The van der Waals surface area contributed by atoms with Crippen LogP contribution in [0, 0.1) is 0 Å². The maximum absolute atomic E-state index is 10.9. The highest BCUT2D eigenvalue weighted by Crippen LogP contribution is 2.22. The SMILES string of the molecule is CCOC(COc1ccc(Br)cc1C=O)OCC. The molecule has 0 saturated heterocycles. The van der Waals surface area contributed by atoms with E-state index in [9.17, 15) is 4.79 Å². The highest BCUT2D eigenvalue weighted by Gasteiger charge is 2.11. The van der Waals surface area contributed by atoms with Crippen LogP contribution in [0.3, 0.4) is 0 Å². The molecule has 0 aliphatic carbocycles. The minimum absolute atomic E-state index is 0.254. The van der Waals surface area contributed by atoms with Gasteiger partial charge in [0.25, 0.3) is 0 Å². The van der Waals surface area contributed by atoms with Gasteiger partial charge in [-0.2, -0.15) is 0 Å². The molecule has 1 rings (SSSR count). The van der Waals surface area contributed by atoms with E-state index in [-0.39, 0.29) is 6.61 Å². The number of rotatable bonds is 8. The van der Waals surface area contributed by atoms with Crippen molar-refractivity contribution in [2.75, 3.05) is 19.8 Å². The van der Waals surface area contributed by atoms with Crippen LogP contribution in [0.25, 0.3) is 0 Å². The second kappa shape index (κ2) is 8.24. The van der Waals surface area contributed by atoms with Gasteiger partial charge in [0.05, 0.1) is 5.56 Å². The van der Waals surface area contributed by atoms with Gasteiger partial charge in [-0.3, -0.25) is 4.79 Å². The van der Waals surface area contributed by atoms with Crippen LogP contribution in [0.4, 0.5) is 0 Å². The van der Waals surface area contributed by atoms with Gasteiger partial charge in [-0.25, -0.2) is 0 Å². The minimum atomic E-state index is -0.414. The number of hydrogen-bond acceptors (Lipinski definition) is 4. The first kappa shape index (κ1) is 15.1. The van der Waals surface area contributed by atoms with Crippen LogP contribution < -0.4 is 4.74 Å². The standard InChI is InChI=1S/C13H17BrO4/c1-3-16-13(17-4-2)9-18-12-6-5-11(14)7-10(12)8-15/h5-8,13H,3-4,9H2,1-2H3. The van der Waals surface area contributed by atoms with Gasteiger partial charge in [0.1, 0.15) is 12.4 Å². The summed E-state index contributed by atoms with van der Waals surface area (Å²) in [5.74, 6) is 0.526. The zero-order chi connectivity index (χ0) is 13.4. The van der Waals surface area contributed by atoms with Gasteiger partial charge >= 0.3 is 0 Å². The fourth-order valence-corrected chi connectivity index (χ4v) is 1.80. The van der Waals surface area contributed by atoms with E-state index in [1.165, 1.54) is 0 Å². The van der Waals surface area contributed by atoms with E-state index in [0.29, 0.717) is 24.5 Å². The Hall–Kier alpha value is -0.910. The molecule has 0 saturated carbocycles. The number of benzene rings is 1. The normalized spacial score (nSPS) is 10.7. The molecule has 0 aromatic heterocycles. The summed E-state index contributed by atoms with van der Waals surface area (Å²) in [7, 11) is 0. The molecule has 0 N–H and O–H groups in total. The molecule has 18 heavy (non-hydrogen) atoms. The van der Waals surface area contributed by atoms with E-state index in [1.807, 2.05) is 19.9 Å². The minimum Gasteiger partial charge on any atom is -0.488 e. The molecule has 0 unspecified atom stereocenters. The lowest BCUT2D eigenvalue weighted by Crippen LogP contribution is -2.25. The van der Waals surface area contributed by atoms with Crippen LogP contribution in [0.15, 0.2) is 22.7 Å². The van der Waals surface area contributed by atoms with E-state index < -0.39 is 6.29 Å². The predicted octanol–water partition coefficient (Wildman–Crippen LogP) is 3.04. The Morgan fingerprint density at radius 1 is 1.28 bits per heavy atom. The van der Waals surface area contributed by atoms with Gasteiger partial charge < -0.3 is 14.2 Å². The fraction of sp³-hybridized carbons (Fsp3) is 0.462. The summed E-state index contributed by atoms with van der Waals surface area (Å²) >= 11 is 3.30. The lowest BCUT2D eigenvalue weighted by molar-refractivity contribution is -0.152. The van der Waals surface area contributed by atoms with E-state index >= 15 is 0 Å². The number of carbonyl (C=O) groups excluding carboxylic acids is 1. The second-order valence-electron chi connectivity index (χ2n) is 3.45. The van der Waals surface area contributed by atoms with Crippen molar-refractivity contribution in [2.45, 2.75) is 20.1 Å². The molecule has 0 aliphatic rings. The third-order valence-corrected chi connectivity index (χ3v) is 2.67. The molecule has 0 fully saturated rings. The third-order valence-electron chi connectivity index (χ3n) is 2.18. The lowest BCUT2D eigenvalue weighted by Gasteiger charge is -2.18. The van der Waals surface area contributed by atoms with E-state index in [1.54, 1.807) is 12.1 Å². The molecule has 100 valence electrons. The predicted molar refractivity (Wildman–Crippen MR) is 72.1 cm³/mol. The van der Waals surface area contributed by atoms with Crippen molar-refractivity contribution in [3.8, 4) is 5.75 Å². The van der Waals surface area contributed by atoms with Gasteiger partial charge in [0, 0.05) is 17.7 Å². The van der Waals surface area contributed by atoms with Crippen LogP contribution in [0.1, 0.15) is 24.2 Å².